The molecule has 112 valence electrons. The molecule has 0 aliphatic rings. The Labute approximate surface area is 138 Å². The normalized spacial score (nSPS) is 10.5. The third-order valence-electron chi connectivity index (χ3n) is 2.97. The van der Waals surface area contributed by atoms with E-state index in [-0.39, 0.29) is 0 Å². The van der Waals surface area contributed by atoms with Crippen LogP contribution < -0.4 is 15.2 Å². The van der Waals surface area contributed by atoms with E-state index >= 15 is 0 Å². The van der Waals surface area contributed by atoms with Gasteiger partial charge >= 0.3 is 0 Å². The maximum atomic E-state index is 6.13. The lowest BCUT2D eigenvalue weighted by Gasteiger charge is -2.15. The summed E-state index contributed by atoms with van der Waals surface area (Å²) in [5.74, 6) is 1.36. The Hall–Kier alpha value is -1.23. The predicted molar refractivity (Wildman–Crippen MR) is 89.0 cm³/mol. The smallest absolute Gasteiger partial charge is 0.162 e. The van der Waals surface area contributed by atoms with Crippen LogP contribution in [0.2, 0.25) is 5.02 Å². The van der Waals surface area contributed by atoms with Crippen LogP contribution in [0.1, 0.15) is 18.1 Å². The fraction of sp³-hybridized carbons (Fsp3) is 0.250. The molecular formula is C16H17BrClNO2. The zero-order chi connectivity index (χ0) is 15.2. The zero-order valence-electron chi connectivity index (χ0n) is 11.7. The van der Waals surface area contributed by atoms with Gasteiger partial charge in [-0.2, -0.15) is 0 Å². The van der Waals surface area contributed by atoms with Gasteiger partial charge in [-0.25, -0.2) is 0 Å². The third-order valence-corrected chi connectivity index (χ3v) is 4.08. The lowest BCUT2D eigenvalue weighted by Crippen LogP contribution is -2.03. The minimum atomic E-state index is 0.383. The van der Waals surface area contributed by atoms with E-state index < -0.39 is 0 Å². The standard InChI is InChI=1S/C16H17BrClNO2/c1-2-20-15-7-12(9-19)13(17)8-16(15)21-10-11-5-3-4-6-14(11)18/h3-8H,2,9-10,19H2,1H3. The van der Waals surface area contributed by atoms with Crippen molar-refractivity contribution in [3.63, 3.8) is 0 Å². The summed E-state index contributed by atoms with van der Waals surface area (Å²) in [6.45, 7) is 3.32. The van der Waals surface area contributed by atoms with Crippen molar-refractivity contribution in [2.75, 3.05) is 6.61 Å². The fourth-order valence-corrected chi connectivity index (χ4v) is 2.56. The lowest BCUT2D eigenvalue weighted by atomic mass is 10.2. The van der Waals surface area contributed by atoms with Crippen molar-refractivity contribution in [2.24, 2.45) is 5.73 Å². The molecule has 0 amide bonds. The Morgan fingerprint density at radius 1 is 1.10 bits per heavy atom. The number of halogens is 2. The van der Waals surface area contributed by atoms with E-state index in [0.29, 0.717) is 36.3 Å². The molecule has 0 bridgehead atoms. The van der Waals surface area contributed by atoms with Crippen LogP contribution in [0.3, 0.4) is 0 Å². The van der Waals surface area contributed by atoms with Gasteiger partial charge in [0.2, 0.25) is 0 Å². The fourth-order valence-electron chi connectivity index (χ4n) is 1.89. The molecule has 0 spiro atoms. The number of benzene rings is 2. The molecule has 0 radical (unpaired) electrons. The van der Waals surface area contributed by atoms with Crippen LogP contribution in [-0.4, -0.2) is 6.61 Å². The molecule has 21 heavy (non-hydrogen) atoms. The molecule has 3 nitrogen and oxygen atoms in total. The Morgan fingerprint density at radius 3 is 2.48 bits per heavy atom. The molecule has 0 atom stereocenters. The number of ether oxygens (including phenoxy) is 2. The number of rotatable bonds is 6. The Bertz CT molecular complexity index is 619. The molecule has 2 N–H and O–H groups in total. The summed E-state index contributed by atoms with van der Waals surface area (Å²) < 4.78 is 12.4. The lowest BCUT2D eigenvalue weighted by molar-refractivity contribution is 0.269. The highest BCUT2D eigenvalue weighted by Crippen LogP contribution is 2.34. The molecular weight excluding hydrogens is 354 g/mol. The molecule has 0 saturated heterocycles. The van der Waals surface area contributed by atoms with Gasteiger partial charge in [-0.3, -0.25) is 0 Å². The molecule has 0 unspecified atom stereocenters. The zero-order valence-corrected chi connectivity index (χ0v) is 14.1. The van der Waals surface area contributed by atoms with Gasteiger partial charge in [0.25, 0.3) is 0 Å². The van der Waals surface area contributed by atoms with Crippen molar-refractivity contribution >= 4 is 27.5 Å². The average Bonchev–Trinajstić information content (AvgIpc) is 2.48. The Kier molecular flexibility index (Phi) is 5.91. The number of hydrogen-bond acceptors (Lipinski definition) is 3. The van der Waals surface area contributed by atoms with E-state index in [4.69, 9.17) is 26.8 Å². The first-order valence-corrected chi connectivity index (χ1v) is 7.84. The molecule has 0 aliphatic heterocycles. The Morgan fingerprint density at radius 2 is 1.81 bits per heavy atom. The highest BCUT2D eigenvalue weighted by molar-refractivity contribution is 9.10. The molecule has 0 saturated carbocycles. The second kappa shape index (κ2) is 7.69. The molecule has 2 aromatic carbocycles. The first kappa shape index (κ1) is 16.1. The van der Waals surface area contributed by atoms with Crippen LogP contribution in [0, 0.1) is 0 Å². The molecule has 0 heterocycles. The summed E-state index contributed by atoms with van der Waals surface area (Å²) in [4.78, 5) is 0. The molecule has 0 fully saturated rings. The summed E-state index contributed by atoms with van der Waals surface area (Å²) in [6.07, 6.45) is 0. The highest BCUT2D eigenvalue weighted by Gasteiger charge is 2.11. The van der Waals surface area contributed by atoms with Crippen LogP contribution >= 0.6 is 27.5 Å². The molecule has 2 rings (SSSR count). The van der Waals surface area contributed by atoms with E-state index in [2.05, 4.69) is 15.9 Å². The Balaban J connectivity index is 2.22. The molecule has 2 aromatic rings. The molecule has 0 aliphatic carbocycles. The first-order valence-electron chi connectivity index (χ1n) is 6.67. The van der Waals surface area contributed by atoms with Crippen molar-refractivity contribution in [3.8, 4) is 11.5 Å². The van der Waals surface area contributed by atoms with Crippen molar-refractivity contribution < 1.29 is 9.47 Å². The monoisotopic (exact) mass is 369 g/mol. The van der Waals surface area contributed by atoms with E-state index in [0.717, 1.165) is 15.6 Å². The summed E-state index contributed by atoms with van der Waals surface area (Å²) >= 11 is 9.62. The second-order valence-electron chi connectivity index (χ2n) is 4.41. The van der Waals surface area contributed by atoms with E-state index in [1.807, 2.05) is 43.3 Å². The van der Waals surface area contributed by atoms with E-state index in [1.54, 1.807) is 0 Å². The van der Waals surface area contributed by atoms with Gasteiger partial charge in [-0.15, -0.1) is 0 Å². The largest absolute Gasteiger partial charge is 0.490 e. The van der Waals surface area contributed by atoms with Gasteiger partial charge < -0.3 is 15.2 Å². The van der Waals surface area contributed by atoms with Gasteiger partial charge in [-0.05, 0) is 30.7 Å². The van der Waals surface area contributed by atoms with E-state index in [1.165, 1.54) is 0 Å². The van der Waals surface area contributed by atoms with E-state index in [9.17, 15) is 0 Å². The van der Waals surface area contributed by atoms with Gasteiger partial charge in [0.1, 0.15) is 6.61 Å². The summed E-state index contributed by atoms with van der Waals surface area (Å²) in [5, 5.41) is 0.688. The van der Waals surface area contributed by atoms with Crippen molar-refractivity contribution in [1.82, 2.24) is 0 Å². The predicted octanol–water partition coefficient (Wildman–Crippen LogP) is 4.54. The quantitative estimate of drug-likeness (QED) is 0.812. The first-order chi connectivity index (χ1) is 10.2. The SMILES string of the molecule is CCOc1cc(CN)c(Br)cc1OCc1ccccc1Cl. The number of nitrogens with two attached hydrogens (primary N) is 1. The average molecular weight is 371 g/mol. The van der Waals surface area contributed by atoms with Crippen molar-refractivity contribution in [3.05, 3.63) is 57.0 Å². The van der Waals surface area contributed by atoms with Gasteiger partial charge in [0.05, 0.1) is 6.61 Å². The molecule has 5 heteroatoms. The van der Waals surface area contributed by atoms with Crippen molar-refractivity contribution in [1.29, 1.82) is 0 Å². The van der Waals surface area contributed by atoms with Crippen LogP contribution in [0.5, 0.6) is 11.5 Å². The maximum Gasteiger partial charge on any atom is 0.162 e. The van der Waals surface area contributed by atoms with Crippen LogP contribution in [0.4, 0.5) is 0 Å². The minimum Gasteiger partial charge on any atom is -0.490 e. The van der Waals surface area contributed by atoms with Crippen LogP contribution in [0.15, 0.2) is 40.9 Å². The second-order valence-corrected chi connectivity index (χ2v) is 5.67. The summed E-state index contributed by atoms with van der Waals surface area (Å²) in [7, 11) is 0. The topological polar surface area (TPSA) is 44.5 Å². The maximum absolute atomic E-state index is 6.13. The minimum absolute atomic E-state index is 0.383. The van der Waals surface area contributed by atoms with Gasteiger partial charge in [0.15, 0.2) is 11.5 Å². The van der Waals surface area contributed by atoms with Gasteiger partial charge in [-0.1, -0.05) is 45.7 Å². The number of hydrogen-bond donors (Lipinski definition) is 1. The van der Waals surface area contributed by atoms with Crippen LogP contribution in [-0.2, 0) is 13.2 Å². The summed E-state index contributed by atoms with van der Waals surface area (Å²) in [6, 6.07) is 11.4. The third kappa shape index (κ3) is 4.13. The highest BCUT2D eigenvalue weighted by atomic mass is 79.9. The van der Waals surface area contributed by atoms with Crippen molar-refractivity contribution in [2.45, 2.75) is 20.1 Å². The van der Waals surface area contributed by atoms with Gasteiger partial charge in [0, 0.05) is 21.6 Å². The molecule has 0 aromatic heterocycles. The summed E-state index contributed by atoms with van der Waals surface area (Å²) in [5.41, 5.74) is 7.61. The van der Waals surface area contributed by atoms with Crippen LogP contribution in [0.25, 0.3) is 0 Å².